The number of halogens is 1. The largest absolute Gasteiger partial charge is 0.290 e. The summed E-state index contributed by atoms with van der Waals surface area (Å²) in [4.78, 5) is 20.9. The fourth-order valence-corrected chi connectivity index (χ4v) is 2.99. The Hall–Kier alpha value is -1.94. The van der Waals surface area contributed by atoms with Crippen LogP contribution in [0.4, 0.5) is 0 Å². The van der Waals surface area contributed by atoms with E-state index < -0.39 is 0 Å². The van der Waals surface area contributed by atoms with E-state index in [0.29, 0.717) is 17.7 Å². The molecule has 4 nitrogen and oxygen atoms in total. The smallest absolute Gasteiger partial charge is 0.230 e. The number of allylic oxidation sites excluding steroid dienone is 5. The van der Waals surface area contributed by atoms with Crippen molar-refractivity contribution >= 4 is 29.2 Å². The topological polar surface area (TPSA) is 47.2 Å². The molecule has 2 aliphatic carbocycles. The third-order valence-corrected chi connectivity index (χ3v) is 3.93. The van der Waals surface area contributed by atoms with Gasteiger partial charge in [-0.15, -0.1) is 11.6 Å². The molecule has 94 valence electrons. The highest BCUT2D eigenvalue weighted by Gasteiger charge is 2.29. The molecule has 0 bridgehead atoms. The van der Waals surface area contributed by atoms with E-state index in [1.807, 2.05) is 16.7 Å². The lowest BCUT2D eigenvalue weighted by Gasteiger charge is -2.22. The predicted molar refractivity (Wildman–Crippen MR) is 72.2 cm³/mol. The van der Waals surface area contributed by atoms with Crippen molar-refractivity contribution in [3.05, 3.63) is 46.5 Å². The van der Waals surface area contributed by atoms with Gasteiger partial charge in [0.25, 0.3) is 0 Å². The van der Waals surface area contributed by atoms with Crippen LogP contribution in [0.5, 0.6) is 0 Å². The number of imidazole rings is 1. The molecular formula is C14H10ClN3O. The van der Waals surface area contributed by atoms with E-state index in [1.165, 1.54) is 6.08 Å². The lowest BCUT2D eigenvalue weighted by molar-refractivity contribution is -0.111. The van der Waals surface area contributed by atoms with Gasteiger partial charge < -0.3 is 0 Å². The molecule has 3 aliphatic rings. The Morgan fingerprint density at radius 2 is 2.32 bits per heavy atom. The van der Waals surface area contributed by atoms with Crippen molar-refractivity contribution in [1.82, 2.24) is 9.55 Å². The molecule has 1 unspecified atom stereocenters. The van der Waals surface area contributed by atoms with Gasteiger partial charge in [0.15, 0.2) is 5.78 Å². The summed E-state index contributed by atoms with van der Waals surface area (Å²) < 4.78 is 1.93. The molecule has 0 N–H and O–H groups in total. The van der Waals surface area contributed by atoms with Gasteiger partial charge in [0.05, 0.1) is 28.7 Å². The number of aromatic nitrogens is 2. The van der Waals surface area contributed by atoms with Gasteiger partial charge in [0.1, 0.15) is 0 Å². The summed E-state index contributed by atoms with van der Waals surface area (Å²) in [5.41, 5.74) is 3.14. The molecule has 0 saturated heterocycles. The van der Waals surface area contributed by atoms with Gasteiger partial charge >= 0.3 is 0 Å². The third kappa shape index (κ3) is 1.43. The molecule has 0 radical (unpaired) electrons. The molecular weight excluding hydrogens is 262 g/mol. The van der Waals surface area contributed by atoms with Gasteiger partial charge in [-0.05, 0) is 12.2 Å². The van der Waals surface area contributed by atoms with Crippen LogP contribution in [0, 0.1) is 0 Å². The van der Waals surface area contributed by atoms with Gasteiger partial charge in [-0.1, -0.05) is 18.2 Å². The van der Waals surface area contributed by atoms with E-state index in [4.69, 9.17) is 11.6 Å². The minimum absolute atomic E-state index is 0.00454. The molecule has 4 rings (SSSR count). The molecule has 0 saturated carbocycles. The summed E-state index contributed by atoms with van der Waals surface area (Å²) in [7, 11) is 0. The standard InChI is InChI=1S/C14H10ClN3O/c15-9-5-6-12(19)8-7-16-14-17-10-3-1-2-4-11(10)18(14)13(8)9/h1-2,4-6,9H,3,7H2. The molecule has 5 heteroatoms. The zero-order chi connectivity index (χ0) is 13.0. The molecule has 1 aromatic heterocycles. The highest BCUT2D eigenvalue weighted by molar-refractivity contribution is 6.30. The molecule has 0 amide bonds. The van der Waals surface area contributed by atoms with E-state index in [-0.39, 0.29) is 11.2 Å². The number of hydrogen-bond acceptors (Lipinski definition) is 3. The van der Waals surface area contributed by atoms with Crippen LogP contribution < -0.4 is 11.0 Å². The summed E-state index contributed by atoms with van der Waals surface area (Å²) >= 11 is 6.36. The van der Waals surface area contributed by atoms with Crippen LogP contribution in [0.1, 0.15) is 5.69 Å². The van der Waals surface area contributed by atoms with Crippen molar-refractivity contribution < 1.29 is 4.79 Å². The molecule has 19 heavy (non-hydrogen) atoms. The predicted octanol–water partition coefficient (Wildman–Crippen LogP) is 0.366. The normalized spacial score (nSPS) is 23.4. The van der Waals surface area contributed by atoms with Gasteiger partial charge in [-0.2, -0.15) is 0 Å². The summed E-state index contributed by atoms with van der Waals surface area (Å²) in [6.07, 6.45) is 10.1. The van der Waals surface area contributed by atoms with Crippen LogP contribution in [0.2, 0.25) is 0 Å². The Kier molecular flexibility index (Phi) is 2.17. The second-order valence-electron chi connectivity index (χ2n) is 4.68. The third-order valence-electron chi connectivity index (χ3n) is 3.58. The van der Waals surface area contributed by atoms with Crippen molar-refractivity contribution in [1.29, 1.82) is 0 Å². The second kappa shape index (κ2) is 3.78. The van der Waals surface area contributed by atoms with Gasteiger partial charge in [0.2, 0.25) is 5.62 Å². The van der Waals surface area contributed by atoms with Crippen molar-refractivity contribution in [2.24, 2.45) is 4.99 Å². The first kappa shape index (κ1) is 10.9. The average molecular weight is 272 g/mol. The van der Waals surface area contributed by atoms with Gasteiger partial charge in [-0.3, -0.25) is 9.36 Å². The van der Waals surface area contributed by atoms with Crippen LogP contribution in [0.15, 0.2) is 34.9 Å². The lowest BCUT2D eigenvalue weighted by atomic mass is 9.99. The van der Waals surface area contributed by atoms with Gasteiger partial charge in [0, 0.05) is 12.0 Å². The maximum Gasteiger partial charge on any atom is 0.230 e. The quantitative estimate of drug-likeness (QED) is 0.640. The SMILES string of the molecule is O=C1C=CC(Cl)C2=C1CN=c1nc3c(n12)=CC=CC3. The number of carbonyl (C=O) groups is 1. The van der Waals surface area contributed by atoms with Crippen LogP contribution in [0.25, 0.3) is 11.8 Å². The Morgan fingerprint density at radius 1 is 1.42 bits per heavy atom. The highest BCUT2D eigenvalue weighted by Crippen LogP contribution is 2.26. The zero-order valence-corrected chi connectivity index (χ0v) is 10.8. The monoisotopic (exact) mass is 271 g/mol. The number of carbonyl (C=O) groups excluding carboxylic acids is 1. The molecule has 0 fully saturated rings. The number of nitrogens with zero attached hydrogens (tertiary/aromatic N) is 3. The van der Waals surface area contributed by atoms with Crippen molar-refractivity contribution in [3.63, 3.8) is 0 Å². The Morgan fingerprint density at radius 3 is 3.21 bits per heavy atom. The van der Waals surface area contributed by atoms with E-state index in [0.717, 1.165) is 23.2 Å². The van der Waals surface area contributed by atoms with Crippen LogP contribution >= 0.6 is 11.6 Å². The van der Waals surface area contributed by atoms with E-state index in [1.54, 1.807) is 6.08 Å². The van der Waals surface area contributed by atoms with E-state index in [9.17, 15) is 4.79 Å². The first-order valence-corrected chi connectivity index (χ1v) is 6.58. The van der Waals surface area contributed by atoms with Crippen molar-refractivity contribution in [2.75, 3.05) is 6.54 Å². The minimum atomic E-state index is -0.306. The number of rotatable bonds is 0. The molecule has 1 aliphatic heterocycles. The fourth-order valence-electron chi connectivity index (χ4n) is 2.69. The van der Waals surface area contributed by atoms with Crippen LogP contribution in [0.3, 0.4) is 0 Å². The molecule has 0 spiro atoms. The molecule has 2 heterocycles. The summed E-state index contributed by atoms with van der Waals surface area (Å²) in [5, 5.41) is 0.682. The lowest BCUT2D eigenvalue weighted by Crippen LogP contribution is -2.37. The second-order valence-corrected chi connectivity index (χ2v) is 5.15. The summed E-state index contributed by atoms with van der Waals surface area (Å²) in [6.45, 7) is 0.366. The number of hydrogen-bond donors (Lipinski definition) is 0. The summed E-state index contributed by atoms with van der Waals surface area (Å²) in [6, 6.07) is 0. The zero-order valence-electron chi connectivity index (χ0n) is 10.0. The fraction of sp³-hybridized carbons (Fsp3) is 0.214. The Bertz CT molecular complexity index is 810. The Balaban J connectivity index is 2.08. The maximum atomic E-state index is 12.0. The van der Waals surface area contributed by atoms with E-state index >= 15 is 0 Å². The van der Waals surface area contributed by atoms with Gasteiger partial charge in [-0.25, -0.2) is 9.98 Å². The van der Waals surface area contributed by atoms with E-state index in [2.05, 4.69) is 16.1 Å². The number of alkyl halides is 1. The maximum absolute atomic E-state index is 12.0. The highest BCUT2D eigenvalue weighted by atomic mass is 35.5. The van der Waals surface area contributed by atoms with Crippen molar-refractivity contribution in [2.45, 2.75) is 11.8 Å². The van der Waals surface area contributed by atoms with Crippen LogP contribution in [-0.2, 0) is 11.2 Å². The molecule has 1 aromatic rings. The number of fused-ring (bicyclic) bond motifs is 4. The first-order chi connectivity index (χ1) is 9.25. The number of ketones is 1. The molecule has 1 atom stereocenters. The van der Waals surface area contributed by atoms with Crippen molar-refractivity contribution in [3.8, 4) is 0 Å². The van der Waals surface area contributed by atoms with Crippen LogP contribution in [-0.4, -0.2) is 27.3 Å². The average Bonchev–Trinajstić information content (AvgIpc) is 2.81. The Labute approximate surface area is 114 Å². The minimum Gasteiger partial charge on any atom is -0.290 e. The first-order valence-electron chi connectivity index (χ1n) is 6.14. The summed E-state index contributed by atoms with van der Waals surface area (Å²) in [5.74, 6) is -0.00454. The molecule has 0 aromatic carbocycles.